The maximum absolute atomic E-state index is 2.46. The molecule has 2 nitrogen and oxygen atoms in total. The molecule has 2 heteroatoms. The minimum absolute atomic E-state index is 0.0443. The quantitative estimate of drug-likeness (QED) is 0.220. The van der Waals surface area contributed by atoms with Crippen LogP contribution in [0.5, 0.6) is 0 Å². The predicted molar refractivity (Wildman–Crippen MR) is 165 cm³/mol. The summed E-state index contributed by atoms with van der Waals surface area (Å²) in [7, 11) is 0. The van der Waals surface area contributed by atoms with Crippen molar-refractivity contribution in [1.29, 1.82) is 0 Å². The molecule has 0 radical (unpaired) electrons. The normalized spacial score (nSPS) is 11.9. The van der Waals surface area contributed by atoms with Gasteiger partial charge in [-0.1, -0.05) is 78.9 Å². The first kappa shape index (κ1) is 25.6. The standard InChI is InChI=1S/C36H38N2/c1-35(2,3)37(31-15-9-6-10-16-31)34-24-23-29-25-28(21-22-30(29)26-34)27-36(4,5)38(32-17-11-7-12-18-32)33-19-13-8-14-20-33/h6-26H,27H2,1-5H3. The molecule has 0 aliphatic heterocycles. The molecule has 5 aromatic carbocycles. The monoisotopic (exact) mass is 498 g/mol. The van der Waals surface area contributed by atoms with Crippen molar-refractivity contribution in [3.63, 3.8) is 0 Å². The van der Waals surface area contributed by atoms with Crippen LogP contribution < -0.4 is 9.80 Å². The summed E-state index contributed by atoms with van der Waals surface area (Å²) >= 11 is 0. The van der Waals surface area contributed by atoms with Crippen LogP contribution in [0.25, 0.3) is 10.8 Å². The summed E-state index contributed by atoms with van der Waals surface area (Å²) in [5, 5.41) is 2.53. The third-order valence-corrected chi connectivity index (χ3v) is 7.10. The van der Waals surface area contributed by atoms with E-state index in [1.165, 1.54) is 39.1 Å². The van der Waals surface area contributed by atoms with Crippen LogP contribution in [0.2, 0.25) is 0 Å². The average molecular weight is 499 g/mol. The fourth-order valence-corrected chi connectivity index (χ4v) is 5.61. The maximum Gasteiger partial charge on any atom is 0.0435 e. The summed E-state index contributed by atoms with van der Waals surface area (Å²) in [6.45, 7) is 11.5. The Morgan fingerprint density at radius 2 is 0.895 bits per heavy atom. The van der Waals surface area contributed by atoms with Gasteiger partial charge >= 0.3 is 0 Å². The van der Waals surface area contributed by atoms with Crippen LogP contribution in [0, 0.1) is 0 Å². The summed E-state index contributed by atoms with van der Waals surface area (Å²) in [4.78, 5) is 4.88. The molecule has 0 spiro atoms. The van der Waals surface area contributed by atoms with Gasteiger partial charge in [0.2, 0.25) is 0 Å². The molecular formula is C36H38N2. The van der Waals surface area contributed by atoms with E-state index in [0.29, 0.717) is 0 Å². The van der Waals surface area contributed by atoms with Crippen LogP contribution in [0.4, 0.5) is 22.7 Å². The van der Waals surface area contributed by atoms with Crippen molar-refractivity contribution in [3.8, 4) is 0 Å². The van der Waals surface area contributed by atoms with Crippen LogP contribution in [0.15, 0.2) is 127 Å². The molecular weight excluding hydrogens is 460 g/mol. The second kappa shape index (κ2) is 10.4. The first-order valence-electron chi connectivity index (χ1n) is 13.5. The van der Waals surface area contributed by atoms with Crippen molar-refractivity contribution < 1.29 is 0 Å². The van der Waals surface area contributed by atoms with Gasteiger partial charge in [0.15, 0.2) is 0 Å². The lowest BCUT2D eigenvalue weighted by Gasteiger charge is -2.41. The molecule has 5 rings (SSSR count). The second-order valence-electron chi connectivity index (χ2n) is 11.7. The Morgan fingerprint density at radius 1 is 0.447 bits per heavy atom. The molecule has 192 valence electrons. The van der Waals surface area contributed by atoms with Crippen molar-refractivity contribution >= 4 is 33.5 Å². The first-order valence-corrected chi connectivity index (χ1v) is 13.5. The molecule has 0 aliphatic rings. The van der Waals surface area contributed by atoms with Gasteiger partial charge < -0.3 is 9.80 Å². The number of nitrogens with zero attached hydrogens (tertiary/aromatic N) is 2. The van der Waals surface area contributed by atoms with Gasteiger partial charge in [-0.15, -0.1) is 0 Å². The minimum Gasteiger partial charge on any atom is -0.336 e. The molecule has 0 unspecified atom stereocenters. The van der Waals surface area contributed by atoms with E-state index in [1.807, 2.05) is 0 Å². The van der Waals surface area contributed by atoms with E-state index in [-0.39, 0.29) is 11.1 Å². The number of para-hydroxylation sites is 3. The van der Waals surface area contributed by atoms with Gasteiger partial charge in [-0.3, -0.25) is 0 Å². The van der Waals surface area contributed by atoms with Crippen LogP contribution in [0.3, 0.4) is 0 Å². The van der Waals surface area contributed by atoms with E-state index in [4.69, 9.17) is 0 Å². The number of rotatable bonds is 7. The van der Waals surface area contributed by atoms with Gasteiger partial charge in [0.1, 0.15) is 0 Å². The fraction of sp³-hybridized carbons (Fsp3) is 0.222. The summed E-state index contributed by atoms with van der Waals surface area (Å²) in [6.07, 6.45) is 0.923. The largest absolute Gasteiger partial charge is 0.336 e. The smallest absolute Gasteiger partial charge is 0.0435 e. The maximum atomic E-state index is 2.46. The van der Waals surface area contributed by atoms with E-state index in [1.54, 1.807) is 0 Å². The fourth-order valence-electron chi connectivity index (χ4n) is 5.61. The van der Waals surface area contributed by atoms with E-state index in [0.717, 1.165) is 6.42 Å². The van der Waals surface area contributed by atoms with Crippen molar-refractivity contribution in [3.05, 3.63) is 133 Å². The first-order chi connectivity index (χ1) is 18.2. The van der Waals surface area contributed by atoms with Crippen LogP contribution >= 0.6 is 0 Å². The van der Waals surface area contributed by atoms with Crippen molar-refractivity contribution in [2.45, 2.75) is 52.1 Å². The Morgan fingerprint density at radius 3 is 1.39 bits per heavy atom. The molecule has 0 heterocycles. The summed E-state index contributed by atoms with van der Waals surface area (Å²) in [6, 6.07) is 45.9. The second-order valence-corrected chi connectivity index (χ2v) is 11.7. The van der Waals surface area contributed by atoms with Crippen LogP contribution in [0.1, 0.15) is 40.2 Å². The summed E-state index contributed by atoms with van der Waals surface area (Å²) < 4.78 is 0. The van der Waals surface area contributed by atoms with E-state index in [2.05, 4.69) is 172 Å². The zero-order valence-corrected chi connectivity index (χ0v) is 23.2. The Kier molecular flexibility index (Phi) is 6.99. The molecule has 0 aliphatic carbocycles. The van der Waals surface area contributed by atoms with Gasteiger partial charge in [0.05, 0.1) is 0 Å². The molecule has 0 amide bonds. The van der Waals surface area contributed by atoms with Crippen LogP contribution in [-0.4, -0.2) is 11.1 Å². The Hall–Kier alpha value is -4.04. The topological polar surface area (TPSA) is 6.48 Å². The van der Waals surface area contributed by atoms with Gasteiger partial charge in [0, 0.05) is 33.8 Å². The third kappa shape index (κ3) is 5.45. The Balaban J connectivity index is 1.48. The number of hydrogen-bond acceptors (Lipinski definition) is 2. The van der Waals surface area contributed by atoms with Gasteiger partial charge in [-0.25, -0.2) is 0 Å². The lowest BCUT2D eigenvalue weighted by molar-refractivity contribution is 0.502. The van der Waals surface area contributed by atoms with E-state index < -0.39 is 0 Å². The molecule has 0 bridgehead atoms. The SMILES string of the molecule is CC(C)(C)N(c1ccccc1)c1ccc2cc(CC(C)(C)N(c3ccccc3)c3ccccc3)ccc2c1. The molecule has 0 fully saturated rings. The van der Waals surface area contributed by atoms with Crippen LogP contribution in [-0.2, 0) is 6.42 Å². The lowest BCUT2D eigenvalue weighted by Crippen LogP contribution is -2.42. The highest BCUT2D eigenvalue weighted by atomic mass is 15.2. The zero-order chi connectivity index (χ0) is 26.8. The molecule has 0 saturated heterocycles. The molecule has 0 N–H and O–H groups in total. The molecule has 0 saturated carbocycles. The van der Waals surface area contributed by atoms with Gasteiger partial charge in [-0.2, -0.15) is 0 Å². The molecule has 0 aromatic heterocycles. The van der Waals surface area contributed by atoms with Crippen molar-refractivity contribution in [1.82, 2.24) is 0 Å². The van der Waals surface area contributed by atoms with Crippen molar-refractivity contribution in [2.75, 3.05) is 9.80 Å². The number of anilines is 4. The zero-order valence-electron chi connectivity index (χ0n) is 23.2. The Labute approximate surface area is 228 Å². The average Bonchev–Trinajstić information content (AvgIpc) is 2.90. The van der Waals surface area contributed by atoms with Gasteiger partial charge in [0.25, 0.3) is 0 Å². The summed E-state index contributed by atoms with van der Waals surface area (Å²) in [5.41, 5.74) is 5.99. The minimum atomic E-state index is -0.132. The number of hydrogen-bond donors (Lipinski definition) is 0. The molecule has 38 heavy (non-hydrogen) atoms. The predicted octanol–water partition coefficient (Wildman–Crippen LogP) is 9.94. The third-order valence-electron chi connectivity index (χ3n) is 7.10. The number of benzene rings is 5. The highest BCUT2D eigenvalue weighted by molar-refractivity contribution is 5.88. The van der Waals surface area contributed by atoms with E-state index in [9.17, 15) is 0 Å². The molecule has 5 aromatic rings. The highest BCUT2D eigenvalue weighted by Gasteiger charge is 2.29. The lowest BCUT2D eigenvalue weighted by atomic mass is 9.90. The van der Waals surface area contributed by atoms with Gasteiger partial charge in [-0.05, 0) is 106 Å². The highest BCUT2D eigenvalue weighted by Crippen LogP contribution is 2.37. The number of fused-ring (bicyclic) bond motifs is 1. The molecule has 0 atom stereocenters. The van der Waals surface area contributed by atoms with E-state index >= 15 is 0 Å². The summed E-state index contributed by atoms with van der Waals surface area (Å²) in [5.74, 6) is 0. The van der Waals surface area contributed by atoms with Crippen molar-refractivity contribution in [2.24, 2.45) is 0 Å². The Bertz CT molecular complexity index is 1440.